The minimum atomic E-state index is -0.407. The molecule has 1 atom stereocenters. The molecule has 1 saturated heterocycles. The van der Waals surface area contributed by atoms with Crippen LogP contribution in [0.15, 0.2) is 72.8 Å². The average Bonchev–Trinajstić information content (AvgIpc) is 2.97. The molecule has 4 rings (SSSR count). The zero-order valence-corrected chi connectivity index (χ0v) is 24.6. The van der Waals surface area contributed by atoms with Crippen LogP contribution < -0.4 is 10.1 Å². The van der Waals surface area contributed by atoms with Crippen LogP contribution in [0.5, 0.6) is 5.75 Å². The van der Waals surface area contributed by atoms with Gasteiger partial charge in [0.2, 0.25) is 5.91 Å². The molecule has 1 aliphatic rings. The Morgan fingerprint density at radius 3 is 2.44 bits per heavy atom. The largest absolute Gasteiger partial charge is 0.486 e. The summed E-state index contributed by atoms with van der Waals surface area (Å²) in [5, 5.41) is 3.02. The molecule has 5 nitrogen and oxygen atoms in total. The normalized spacial score (nSPS) is 15.0. The zero-order valence-electron chi connectivity index (χ0n) is 24.6. The van der Waals surface area contributed by atoms with Crippen molar-refractivity contribution in [3.63, 3.8) is 0 Å². The maximum Gasteiger partial charge on any atom is 0.226 e. The van der Waals surface area contributed by atoms with Crippen molar-refractivity contribution >= 4 is 17.4 Å². The second kappa shape index (κ2) is 14.9. The number of ketones is 1. The van der Waals surface area contributed by atoms with Gasteiger partial charge >= 0.3 is 0 Å². The van der Waals surface area contributed by atoms with Crippen LogP contribution in [0.1, 0.15) is 92.8 Å². The van der Waals surface area contributed by atoms with Crippen molar-refractivity contribution in [1.82, 2.24) is 4.90 Å². The van der Waals surface area contributed by atoms with E-state index < -0.39 is 6.10 Å². The van der Waals surface area contributed by atoms with E-state index in [1.165, 1.54) is 18.6 Å². The van der Waals surface area contributed by atoms with Gasteiger partial charge in [0.1, 0.15) is 17.7 Å². The third-order valence-electron chi connectivity index (χ3n) is 7.95. The Hall–Kier alpha value is -3.51. The van der Waals surface area contributed by atoms with Crippen LogP contribution in [-0.4, -0.2) is 36.2 Å². The predicted molar refractivity (Wildman–Crippen MR) is 163 cm³/mol. The number of amides is 1. The fraction of sp³-hybridized carbons (Fsp3) is 0.429. The molecule has 1 amide bonds. The van der Waals surface area contributed by atoms with Crippen molar-refractivity contribution < 1.29 is 18.7 Å². The van der Waals surface area contributed by atoms with Gasteiger partial charge in [-0.15, -0.1) is 0 Å². The van der Waals surface area contributed by atoms with Crippen LogP contribution in [0.3, 0.4) is 0 Å². The molecule has 1 aliphatic heterocycles. The molecule has 0 radical (unpaired) electrons. The highest BCUT2D eigenvalue weighted by atomic mass is 19.1. The van der Waals surface area contributed by atoms with E-state index in [9.17, 15) is 14.0 Å². The minimum absolute atomic E-state index is 0.0226. The van der Waals surface area contributed by atoms with Gasteiger partial charge in [0.25, 0.3) is 0 Å². The van der Waals surface area contributed by atoms with Crippen molar-refractivity contribution in [1.29, 1.82) is 0 Å². The number of benzene rings is 3. The second-order valence-corrected chi connectivity index (χ2v) is 11.4. The fourth-order valence-corrected chi connectivity index (χ4v) is 5.46. The Labute approximate surface area is 244 Å². The van der Waals surface area contributed by atoms with Crippen molar-refractivity contribution in [3.8, 4) is 5.75 Å². The molecule has 218 valence electrons. The first-order valence-corrected chi connectivity index (χ1v) is 15.0. The van der Waals surface area contributed by atoms with E-state index in [4.69, 9.17) is 4.74 Å². The molecule has 0 bridgehead atoms. The first kappa shape index (κ1) is 30.4. The molecule has 1 fully saturated rings. The summed E-state index contributed by atoms with van der Waals surface area (Å²) in [6, 6.07) is 22.2. The highest BCUT2D eigenvalue weighted by Crippen LogP contribution is 2.31. The number of piperidine rings is 1. The van der Waals surface area contributed by atoms with E-state index in [0.717, 1.165) is 57.4 Å². The van der Waals surface area contributed by atoms with E-state index >= 15 is 0 Å². The van der Waals surface area contributed by atoms with Crippen LogP contribution >= 0.6 is 0 Å². The summed E-state index contributed by atoms with van der Waals surface area (Å²) in [4.78, 5) is 26.4. The van der Waals surface area contributed by atoms with Gasteiger partial charge in [0.05, 0.1) is 0 Å². The fourth-order valence-electron chi connectivity index (χ4n) is 5.46. The molecular weight excluding hydrogens is 515 g/mol. The monoisotopic (exact) mass is 558 g/mol. The van der Waals surface area contributed by atoms with E-state index in [1.54, 1.807) is 30.3 Å². The standard InChI is InChI=1S/C35H43FN2O3/c1-25(2)35(40)37-30-13-9-12-29(23-30)27-18-21-38(22-19-27)20-8-4-5-17-34(32-15-6-7-16-33(32)36)41-31-14-10-11-28(24-31)26(3)39/h6-7,9-16,23-25,27,34H,4-5,8,17-22H2,1-3H3,(H,37,40). The molecule has 3 aromatic carbocycles. The summed E-state index contributed by atoms with van der Waals surface area (Å²) >= 11 is 0. The highest BCUT2D eigenvalue weighted by molar-refractivity contribution is 5.94. The Balaban J connectivity index is 1.23. The van der Waals surface area contributed by atoms with Gasteiger partial charge in [0.15, 0.2) is 5.78 Å². The number of likely N-dealkylation sites (tertiary alicyclic amines) is 1. The summed E-state index contributed by atoms with van der Waals surface area (Å²) < 4.78 is 20.9. The third kappa shape index (κ3) is 8.99. The summed E-state index contributed by atoms with van der Waals surface area (Å²) in [6.45, 7) is 8.54. The molecule has 41 heavy (non-hydrogen) atoms. The van der Waals surface area contributed by atoms with E-state index in [-0.39, 0.29) is 23.4 Å². The van der Waals surface area contributed by atoms with Crippen LogP contribution in [-0.2, 0) is 4.79 Å². The molecule has 0 aliphatic carbocycles. The Kier molecular flexibility index (Phi) is 11.1. The number of rotatable bonds is 13. The lowest BCUT2D eigenvalue weighted by molar-refractivity contribution is -0.118. The van der Waals surface area contributed by atoms with Crippen LogP contribution in [0.2, 0.25) is 0 Å². The first-order chi connectivity index (χ1) is 19.8. The van der Waals surface area contributed by atoms with Gasteiger partial charge in [0, 0.05) is 22.7 Å². The molecular formula is C35H43FN2O3. The van der Waals surface area contributed by atoms with Crippen molar-refractivity contribution in [3.05, 3.63) is 95.3 Å². The molecule has 1 N–H and O–H groups in total. The summed E-state index contributed by atoms with van der Waals surface area (Å²) in [7, 11) is 0. The number of halogens is 1. The first-order valence-electron chi connectivity index (χ1n) is 15.0. The van der Waals surface area contributed by atoms with Gasteiger partial charge in [-0.05, 0) is 100 Å². The van der Waals surface area contributed by atoms with Gasteiger partial charge < -0.3 is 15.0 Å². The van der Waals surface area contributed by atoms with E-state index in [0.29, 0.717) is 29.2 Å². The average molecular weight is 559 g/mol. The number of hydrogen-bond acceptors (Lipinski definition) is 4. The Bertz CT molecular complexity index is 1300. The smallest absolute Gasteiger partial charge is 0.226 e. The molecule has 3 aromatic rings. The number of nitrogens with zero attached hydrogens (tertiary/aromatic N) is 1. The van der Waals surface area contributed by atoms with Crippen molar-refractivity contribution in [2.45, 2.75) is 71.3 Å². The SMILES string of the molecule is CC(=O)c1cccc(OC(CCCCCN2CCC(c3cccc(NC(=O)C(C)C)c3)CC2)c2ccccc2F)c1. The van der Waals surface area contributed by atoms with Crippen molar-refractivity contribution in [2.75, 3.05) is 25.0 Å². The Morgan fingerprint density at radius 1 is 0.951 bits per heavy atom. The van der Waals surface area contributed by atoms with E-state index in [1.807, 2.05) is 38.1 Å². The number of anilines is 1. The number of carbonyl (C=O) groups is 2. The molecule has 0 aromatic heterocycles. The number of hydrogen-bond donors (Lipinski definition) is 1. The third-order valence-corrected chi connectivity index (χ3v) is 7.95. The number of Topliss-reactive ketones (excluding diaryl/α,β-unsaturated/α-hetero) is 1. The van der Waals surface area contributed by atoms with E-state index in [2.05, 4.69) is 22.3 Å². The maximum atomic E-state index is 14.7. The molecule has 0 saturated carbocycles. The molecule has 1 unspecified atom stereocenters. The number of unbranched alkanes of at least 4 members (excludes halogenated alkanes) is 2. The summed E-state index contributed by atoms with van der Waals surface area (Å²) in [5.74, 6) is 0.820. The lowest BCUT2D eigenvalue weighted by atomic mass is 9.89. The van der Waals surface area contributed by atoms with Crippen LogP contribution in [0, 0.1) is 11.7 Å². The predicted octanol–water partition coefficient (Wildman–Crippen LogP) is 8.18. The number of ether oxygens (including phenoxy) is 1. The quantitative estimate of drug-likeness (QED) is 0.170. The summed E-state index contributed by atoms with van der Waals surface area (Å²) in [6.07, 6.45) is 5.59. The second-order valence-electron chi connectivity index (χ2n) is 11.4. The van der Waals surface area contributed by atoms with Gasteiger partial charge in [-0.3, -0.25) is 9.59 Å². The maximum absolute atomic E-state index is 14.7. The lowest BCUT2D eigenvalue weighted by Crippen LogP contribution is -2.33. The van der Waals surface area contributed by atoms with Crippen LogP contribution in [0.25, 0.3) is 0 Å². The van der Waals surface area contributed by atoms with Gasteiger partial charge in [-0.25, -0.2) is 4.39 Å². The molecule has 0 spiro atoms. The molecule has 1 heterocycles. The minimum Gasteiger partial charge on any atom is -0.486 e. The highest BCUT2D eigenvalue weighted by Gasteiger charge is 2.22. The number of nitrogens with one attached hydrogen (secondary N) is 1. The topological polar surface area (TPSA) is 58.6 Å². The lowest BCUT2D eigenvalue weighted by Gasteiger charge is -2.32. The van der Waals surface area contributed by atoms with Crippen molar-refractivity contribution in [2.24, 2.45) is 5.92 Å². The van der Waals surface area contributed by atoms with Crippen LogP contribution in [0.4, 0.5) is 10.1 Å². The van der Waals surface area contributed by atoms with Gasteiger partial charge in [-0.1, -0.05) is 62.7 Å². The zero-order chi connectivity index (χ0) is 29.2. The van der Waals surface area contributed by atoms with Gasteiger partial charge in [-0.2, -0.15) is 0 Å². The molecule has 6 heteroatoms. The summed E-state index contributed by atoms with van der Waals surface area (Å²) in [5.41, 5.74) is 3.33. The number of carbonyl (C=O) groups excluding carboxylic acids is 2. The Morgan fingerprint density at radius 2 is 1.71 bits per heavy atom.